The van der Waals surface area contributed by atoms with E-state index >= 15 is 0 Å². The van der Waals surface area contributed by atoms with Crippen LogP contribution in [0.1, 0.15) is 142 Å². The lowest BCUT2D eigenvalue weighted by atomic mass is 10.0. The third-order valence-corrected chi connectivity index (χ3v) is 9.83. The number of rotatable bonds is 37. The Morgan fingerprint density at radius 2 is 1.07 bits per heavy atom. The molecule has 320 valence electrons. The van der Waals surface area contributed by atoms with E-state index in [-0.39, 0.29) is 19.1 Å². The number of hydrogen-bond donors (Lipinski definition) is 3. The van der Waals surface area contributed by atoms with E-state index in [1.54, 1.807) is 0 Å². The van der Waals surface area contributed by atoms with Crippen LogP contribution < -0.4 is 5.32 Å². The Bertz CT molecular complexity index is 1230. The third-order valence-electron chi connectivity index (χ3n) is 8.85. The highest BCUT2D eigenvalue weighted by Gasteiger charge is 2.28. The number of allylic oxidation sites excluding steroid dienone is 16. The van der Waals surface area contributed by atoms with E-state index in [9.17, 15) is 19.4 Å². The van der Waals surface area contributed by atoms with Crippen molar-refractivity contribution in [1.29, 1.82) is 0 Å². The Hall–Kier alpha value is -2.58. The van der Waals surface area contributed by atoms with Crippen LogP contribution in [0.5, 0.6) is 0 Å². The standard InChI is InChI=1S/C47H81N2O6P/c1-6-8-10-11-12-13-14-15-16-17-18-19-20-21-22-23-24-25-26-27-28-29-30-31-32-33-34-35-36-37-39-41-47(51)48-45(46(50)40-38-9-7-2)44-55-56(52,53)54-43-42-49(3,4)5/h8,10,12-13,15-16,18-19,21-22,24-25,27-28,30-31,45-46,50H,6-7,9,11,14,17,20,23,26,29,32-44H2,1-5H3,(H-,48,51,52,53)/p+1/b10-8-,13-12-,16-15-,19-18-,22-21-,25-24-,28-27-,31-30-. The van der Waals surface area contributed by atoms with Crippen LogP contribution in [0.2, 0.25) is 0 Å². The highest BCUT2D eigenvalue weighted by atomic mass is 31.2. The van der Waals surface area contributed by atoms with Gasteiger partial charge >= 0.3 is 7.82 Å². The summed E-state index contributed by atoms with van der Waals surface area (Å²) in [5.41, 5.74) is 0. The first-order valence-electron chi connectivity index (χ1n) is 21.6. The van der Waals surface area contributed by atoms with Gasteiger partial charge in [-0.3, -0.25) is 13.8 Å². The van der Waals surface area contributed by atoms with Crippen molar-refractivity contribution in [1.82, 2.24) is 5.32 Å². The van der Waals surface area contributed by atoms with E-state index in [1.807, 2.05) is 21.1 Å². The molecule has 0 aliphatic carbocycles. The lowest BCUT2D eigenvalue weighted by Gasteiger charge is -2.26. The Balaban J connectivity index is 4.00. The second kappa shape index (κ2) is 38.0. The minimum atomic E-state index is -4.30. The molecule has 0 saturated heterocycles. The number of carbonyl (C=O) groups is 1. The van der Waals surface area contributed by atoms with Gasteiger partial charge in [-0.2, -0.15) is 0 Å². The molecule has 0 aromatic rings. The van der Waals surface area contributed by atoms with Gasteiger partial charge in [0, 0.05) is 6.42 Å². The average Bonchev–Trinajstić information content (AvgIpc) is 3.15. The topological polar surface area (TPSA) is 105 Å². The first-order chi connectivity index (χ1) is 27.0. The molecule has 8 nitrogen and oxygen atoms in total. The fraction of sp³-hybridized carbons (Fsp3) is 0.638. The van der Waals surface area contributed by atoms with Gasteiger partial charge < -0.3 is 19.8 Å². The number of aliphatic hydroxyl groups excluding tert-OH is 1. The maximum atomic E-state index is 12.7. The Labute approximate surface area is 343 Å². The Morgan fingerprint density at radius 1 is 0.625 bits per heavy atom. The zero-order chi connectivity index (χ0) is 41.4. The molecule has 0 fully saturated rings. The van der Waals surface area contributed by atoms with E-state index in [2.05, 4.69) is 116 Å². The maximum absolute atomic E-state index is 12.7. The highest BCUT2D eigenvalue weighted by molar-refractivity contribution is 7.47. The van der Waals surface area contributed by atoms with Crippen LogP contribution in [0, 0.1) is 0 Å². The quantitative estimate of drug-likeness (QED) is 0.0250. The van der Waals surface area contributed by atoms with Crippen molar-refractivity contribution < 1.29 is 32.9 Å². The molecular weight excluding hydrogens is 719 g/mol. The van der Waals surface area contributed by atoms with Gasteiger partial charge in [0.2, 0.25) is 5.91 Å². The lowest BCUT2D eigenvalue weighted by Crippen LogP contribution is -2.46. The molecule has 0 aliphatic heterocycles. The molecule has 0 heterocycles. The Morgan fingerprint density at radius 3 is 1.54 bits per heavy atom. The zero-order valence-corrected chi connectivity index (χ0v) is 37.0. The van der Waals surface area contributed by atoms with Crippen LogP contribution in [0.25, 0.3) is 0 Å². The SMILES string of the molecule is CC/C=C\C/C=C\C/C=C\C/C=C\C/C=C\C/C=C\C/C=C\C/C=C\CCCCCCCCC(=O)NC(COP(=O)(O)OCC[N+](C)(C)C)C(O)CCCCC. The molecule has 0 aromatic carbocycles. The first-order valence-corrected chi connectivity index (χ1v) is 23.1. The second-order valence-corrected chi connectivity index (χ2v) is 16.8. The van der Waals surface area contributed by atoms with E-state index < -0.39 is 20.0 Å². The summed E-state index contributed by atoms with van der Waals surface area (Å²) in [5, 5.41) is 13.6. The van der Waals surface area contributed by atoms with Gasteiger partial charge in [0.15, 0.2) is 0 Å². The lowest BCUT2D eigenvalue weighted by molar-refractivity contribution is -0.870. The molecule has 3 unspecified atom stereocenters. The second-order valence-electron chi connectivity index (χ2n) is 15.3. The van der Waals surface area contributed by atoms with Gasteiger partial charge in [-0.25, -0.2) is 4.57 Å². The normalized spacial score (nSPS) is 15.3. The van der Waals surface area contributed by atoms with Gasteiger partial charge in [-0.15, -0.1) is 0 Å². The number of phosphoric acid groups is 1. The zero-order valence-electron chi connectivity index (χ0n) is 36.1. The molecule has 0 rings (SSSR count). The van der Waals surface area contributed by atoms with Gasteiger partial charge in [-0.1, -0.05) is 156 Å². The van der Waals surface area contributed by atoms with Gasteiger partial charge in [0.1, 0.15) is 13.2 Å². The number of unbranched alkanes of at least 4 members (excludes halogenated alkanes) is 8. The van der Waals surface area contributed by atoms with Crippen LogP contribution in [-0.2, 0) is 18.4 Å². The molecular formula is C47H82N2O6P+. The van der Waals surface area contributed by atoms with E-state index in [0.717, 1.165) is 103 Å². The number of carbonyl (C=O) groups excluding carboxylic acids is 1. The minimum Gasteiger partial charge on any atom is -0.391 e. The molecule has 3 atom stereocenters. The minimum absolute atomic E-state index is 0.0640. The summed E-state index contributed by atoms with van der Waals surface area (Å²) in [6.07, 6.45) is 53.8. The summed E-state index contributed by atoms with van der Waals surface area (Å²) in [6, 6.07) is -0.770. The monoisotopic (exact) mass is 802 g/mol. The van der Waals surface area contributed by atoms with E-state index in [4.69, 9.17) is 9.05 Å². The van der Waals surface area contributed by atoms with Crippen molar-refractivity contribution in [2.24, 2.45) is 0 Å². The smallest absolute Gasteiger partial charge is 0.391 e. The Kier molecular flexibility index (Phi) is 36.2. The van der Waals surface area contributed by atoms with Crippen LogP contribution in [-0.4, -0.2) is 73.4 Å². The van der Waals surface area contributed by atoms with Crippen molar-refractivity contribution in [3.05, 3.63) is 97.2 Å². The largest absolute Gasteiger partial charge is 0.472 e. The molecule has 9 heteroatoms. The molecule has 0 radical (unpaired) electrons. The number of hydrogen-bond acceptors (Lipinski definition) is 5. The van der Waals surface area contributed by atoms with Crippen LogP contribution in [0.4, 0.5) is 0 Å². The van der Waals surface area contributed by atoms with Crippen molar-refractivity contribution in [3.63, 3.8) is 0 Å². The average molecular weight is 802 g/mol. The predicted molar refractivity (Wildman–Crippen MR) is 239 cm³/mol. The fourth-order valence-corrected chi connectivity index (χ4v) is 6.15. The van der Waals surface area contributed by atoms with Gasteiger partial charge in [-0.05, 0) is 77.0 Å². The molecule has 0 aliphatic rings. The van der Waals surface area contributed by atoms with Crippen LogP contribution >= 0.6 is 7.82 Å². The van der Waals surface area contributed by atoms with Crippen molar-refractivity contribution in [2.75, 3.05) is 40.9 Å². The summed E-state index contributed by atoms with van der Waals surface area (Å²) in [6.45, 7) is 4.56. The predicted octanol–water partition coefficient (Wildman–Crippen LogP) is 12.0. The van der Waals surface area contributed by atoms with Crippen LogP contribution in [0.3, 0.4) is 0 Å². The highest BCUT2D eigenvalue weighted by Crippen LogP contribution is 2.43. The molecule has 56 heavy (non-hydrogen) atoms. The number of nitrogens with one attached hydrogen (secondary N) is 1. The summed E-state index contributed by atoms with van der Waals surface area (Å²) < 4.78 is 23.3. The number of aliphatic hydroxyl groups is 1. The summed E-state index contributed by atoms with van der Waals surface area (Å²) in [4.78, 5) is 22.8. The molecule has 0 aromatic heterocycles. The molecule has 0 spiro atoms. The van der Waals surface area contributed by atoms with Crippen molar-refractivity contribution in [2.45, 2.75) is 154 Å². The van der Waals surface area contributed by atoms with E-state index in [0.29, 0.717) is 23.9 Å². The maximum Gasteiger partial charge on any atom is 0.472 e. The van der Waals surface area contributed by atoms with Crippen molar-refractivity contribution in [3.8, 4) is 0 Å². The number of amides is 1. The number of phosphoric ester groups is 1. The fourth-order valence-electron chi connectivity index (χ4n) is 5.41. The summed E-state index contributed by atoms with van der Waals surface area (Å²) >= 11 is 0. The number of quaternary nitrogens is 1. The molecule has 1 amide bonds. The van der Waals surface area contributed by atoms with Crippen molar-refractivity contribution >= 4 is 13.7 Å². The number of nitrogens with zero attached hydrogens (tertiary/aromatic N) is 1. The van der Waals surface area contributed by atoms with Gasteiger partial charge in [0.05, 0.1) is 39.9 Å². The molecule has 0 bridgehead atoms. The van der Waals surface area contributed by atoms with Crippen LogP contribution in [0.15, 0.2) is 97.2 Å². The molecule has 3 N–H and O–H groups in total. The summed E-state index contributed by atoms with van der Waals surface area (Å²) in [5.74, 6) is -0.177. The number of likely N-dealkylation sites (N-methyl/N-ethyl adjacent to an activating group) is 1. The van der Waals surface area contributed by atoms with Gasteiger partial charge in [0.25, 0.3) is 0 Å². The first kappa shape index (κ1) is 53.4. The summed E-state index contributed by atoms with van der Waals surface area (Å²) in [7, 11) is 1.58. The van der Waals surface area contributed by atoms with E-state index in [1.165, 1.54) is 12.8 Å². The third kappa shape index (κ3) is 39.6. The molecule has 0 saturated carbocycles.